The van der Waals surface area contributed by atoms with E-state index in [4.69, 9.17) is 4.74 Å². The number of rotatable bonds is 6. The van der Waals surface area contributed by atoms with Gasteiger partial charge < -0.3 is 10.1 Å². The molecule has 2 fully saturated rings. The van der Waals surface area contributed by atoms with Gasteiger partial charge in [-0.2, -0.15) is 0 Å². The van der Waals surface area contributed by atoms with Gasteiger partial charge >= 0.3 is 0 Å². The molecule has 3 rings (SSSR count). The first-order valence-electron chi connectivity index (χ1n) is 8.42. The number of likely N-dealkylation sites (tertiary alicyclic amines) is 1. The lowest BCUT2D eigenvalue weighted by Crippen LogP contribution is -2.51. The summed E-state index contributed by atoms with van der Waals surface area (Å²) >= 11 is 0. The molecule has 0 radical (unpaired) electrons. The van der Waals surface area contributed by atoms with Crippen molar-refractivity contribution in [3.63, 3.8) is 0 Å². The smallest absolute Gasteiger partial charge is 0.234 e. The Morgan fingerprint density at radius 1 is 1.39 bits per heavy atom. The normalized spacial score (nSPS) is 25.1. The minimum absolute atomic E-state index is 0.0585. The van der Waals surface area contributed by atoms with Gasteiger partial charge in [0.15, 0.2) is 0 Å². The van der Waals surface area contributed by atoms with E-state index in [1.807, 2.05) is 30.1 Å². The van der Waals surface area contributed by atoms with Crippen LogP contribution in [0.2, 0.25) is 0 Å². The van der Waals surface area contributed by atoms with Crippen molar-refractivity contribution in [1.29, 1.82) is 0 Å². The second-order valence-corrected chi connectivity index (χ2v) is 6.52. The molecule has 2 aliphatic heterocycles. The third-order valence-corrected chi connectivity index (χ3v) is 4.58. The van der Waals surface area contributed by atoms with Crippen molar-refractivity contribution in [1.82, 2.24) is 20.1 Å². The Kier molecular flexibility index (Phi) is 5.59. The monoisotopic (exact) mass is 318 g/mol. The second-order valence-electron chi connectivity index (χ2n) is 6.52. The highest BCUT2D eigenvalue weighted by atomic mass is 16.5. The highest BCUT2D eigenvalue weighted by molar-refractivity contribution is 5.78. The Bertz CT molecular complexity index is 505. The molecule has 23 heavy (non-hydrogen) atoms. The molecule has 3 heterocycles. The number of ether oxygens (including phenoxy) is 1. The first-order valence-corrected chi connectivity index (χ1v) is 8.42. The van der Waals surface area contributed by atoms with Gasteiger partial charge in [-0.05, 0) is 45.1 Å². The van der Waals surface area contributed by atoms with Crippen molar-refractivity contribution in [2.45, 2.75) is 31.5 Å². The average molecular weight is 318 g/mol. The minimum Gasteiger partial charge on any atom is -0.378 e. The van der Waals surface area contributed by atoms with E-state index in [9.17, 15) is 4.79 Å². The van der Waals surface area contributed by atoms with Crippen LogP contribution in [0.3, 0.4) is 0 Å². The van der Waals surface area contributed by atoms with E-state index >= 15 is 0 Å². The van der Waals surface area contributed by atoms with Crippen LogP contribution in [0, 0.1) is 0 Å². The first-order chi connectivity index (χ1) is 11.2. The number of hydrogen-bond donors (Lipinski definition) is 1. The molecule has 1 aromatic heterocycles. The molecule has 126 valence electrons. The summed E-state index contributed by atoms with van der Waals surface area (Å²) < 4.78 is 5.60. The van der Waals surface area contributed by atoms with Crippen LogP contribution in [0.4, 0.5) is 0 Å². The lowest BCUT2D eigenvalue weighted by Gasteiger charge is -2.28. The Morgan fingerprint density at radius 2 is 2.22 bits per heavy atom. The zero-order valence-electron chi connectivity index (χ0n) is 13.8. The molecule has 6 nitrogen and oxygen atoms in total. The maximum absolute atomic E-state index is 12.3. The van der Waals surface area contributed by atoms with Crippen LogP contribution >= 0.6 is 0 Å². The predicted octanol–water partition coefficient (Wildman–Crippen LogP) is 0.493. The summed E-state index contributed by atoms with van der Waals surface area (Å²) in [5, 5.41) is 3.15. The van der Waals surface area contributed by atoms with E-state index in [0.717, 1.165) is 25.4 Å². The summed E-state index contributed by atoms with van der Waals surface area (Å²) in [6.45, 7) is 4.65. The van der Waals surface area contributed by atoms with Crippen LogP contribution in [0.1, 0.15) is 18.5 Å². The molecular weight excluding hydrogens is 292 g/mol. The van der Waals surface area contributed by atoms with Gasteiger partial charge in [-0.1, -0.05) is 6.07 Å². The quantitative estimate of drug-likeness (QED) is 0.827. The zero-order chi connectivity index (χ0) is 16.1. The Labute approximate surface area is 137 Å². The lowest BCUT2D eigenvalue weighted by molar-refractivity contribution is -0.123. The standard InChI is InChI=1S/C17H26N4O2/c1-20(10-14-6-2-3-7-18-14)11-17(22)19-15-12-23-13-16(15)21-8-4-5-9-21/h2-3,6-7,15-16H,4-5,8-13H2,1H3,(H,19,22)/t15-,16-/m0/s1. The van der Waals surface area contributed by atoms with Gasteiger partial charge in [-0.3, -0.25) is 19.6 Å². The SMILES string of the molecule is CN(CC(=O)N[C@H]1COC[C@@H]1N1CCCC1)Cc1ccccn1. The maximum Gasteiger partial charge on any atom is 0.234 e. The van der Waals surface area contributed by atoms with Gasteiger partial charge in [0.1, 0.15) is 0 Å². The molecule has 1 aromatic rings. The number of hydrogen-bond acceptors (Lipinski definition) is 5. The molecule has 2 atom stereocenters. The van der Waals surface area contributed by atoms with Gasteiger partial charge in [-0.25, -0.2) is 0 Å². The molecular formula is C17H26N4O2. The van der Waals surface area contributed by atoms with Gasteiger partial charge in [0.2, 0.25) is 5.91 Å². The highest BCUT2D eigenvalue weighted by Crippen LogP contribution is 2.19. The van der Waals surface area contributed by atoms with Crippen LogP contribution in [-0.2, 0) is 16.1 Å². The number of aromatic nitrogens is 1. The molecule has 2 aliphatic rings. The number of carbonyl (C=O) groups is 1. The van der Waals surface area contributed by atoms with Gasteiger partial charge in [0.25, 0.3) is 0 Å². The number of pyridine rings is 1. The molecule has 6 heteroatoms. The zero-order valence-corrected chi connectivity index (χ0v) is 13.8. The average Bonchev–Trinajstić information content (AvgIpc) is 3.18. The van der Waals surface area contributed by atoms with E-state index in [0.29, 0.717) is 25.7 Å². The third kappa shape index (κ3) is 4.50. The van der Waals surface area contributed by atoms with Crippen molar-refractivity contribution >= 4 is 5.91 Å². The summed E-state index contributed by atoms with van der Waals surface area (Å²) in [5.41, 5.74) is 0.974. The number of amides is 1. The summed E-state index contributed by atoms with van der Waals surface area (Å²) in [4.78, 5) is 21.0. The number of nitrogens with zero attached hydrogens (tertiary/aromatic N) is 3. The molecule has 0 bridgehead atoms. The van der Waals surface area contributed by atoms with Gasteiger partial charge in [-0.15, -0.1) is 0 Å². The summed E-state index contributed by atoms with van der Waals surface area (Å²) in [6.07, 6.45) is 4.29. The van der Waals surface area contributed by atoms with E-state index < -0.39 is 0 Å². The largest absolute Gasteiger partial charge is 0.378 e. The number of carbonyl (C=O) groups excluding carboxylic acids is 1. The number of nitrogens with one attached hydrogen (secondary N) is 1. The summed E-state index contributed by atoms with van der Waals surface area (Å²) in [6, 6.07) is 6.29. The van der Waals surface area contributed by atoms with Crippen LogP contribution in [0.15, 0.2) is 24.4 Å². The van der Waals surface area contributed by atoms with Crippen molar-refractivity contribution in [2.24, 2.45) is 0 Å². The van der Waals surface area contributed by atoms with Crippen LogP contribution in [-0.4, -0.2) is 72.7 Å². The van der Waals surface area contributed by atoms with Crippen molar-refractivity contribution in [3.05, 3.63) is 30.1 Å². The Morgan fingerprint density at radius 3 is 2.96 bits per heavy atom. The fourth-order valence-electron chi connectivity index (χ4n) is 3.44. The van der Waals surface area contributed by atoms with Crippen LogP contribution in [0.25, 0.3) is 0 Å². The topological polar surface area (TPSA) is 57.7 Å². The minimum atomic E-state index is 0.0585. The highest BCUT2D eigenvalue weighted by Gasteiger charge is 2.35. The maximum atomic E-state index is 12.3. The fraction of sp³-hybridized carbons (Fsp3) is 0.647. The van der Waals surface area contributed by atoms with Crippen LogP contribution < -0.4 is 5.32 Å². The van der Waals surface area contributed by atoms with Gasteiger partial charge in [0, 0.05) is 12.7 Å². The Balaban J connectivity index is 1.46. The van der Waals surface area contributed by atoms with E-state index in [-0.39, 0.29) is 11.9 Å². The molecule has 0 aromatic carbocycles. The molecule has 0 spiro atoms. The molecule has 0 aliphatic carbocycles. The molecule has 1 N–H and O–H groups in total. The third-order valence-electron chi connectivity index (χ3n) is 4.58. The molecule has 0 unspecified atom stereocenters. The van der Waals surface area contributed by atoms with E-state index in [1.165, 1.54) is 12.8 Å². The fourth-order valence-corrected chi connectivity index (χ4v) is 3.44. The first kappa shape index (κ1) is 16.4. The van der Waals surface area contributed by atoms with Crippen molar-refractivity contribution in [2.75, 3.05) is 39.9 Å². The predicted molar refractivity (Wildman–Crippen MR) is 87.9 cm³/mol. The van der Waals surface area contributed by atoms with E-state index in [2.05, 4.69) is 15.2 Å². The molecule has 2 saturated heterocycles. The van der Waals surface area contributed by atoms with E-state index in [1.54, 1.807) is 6.20 Å². The lowest BCUT2D eigenvalue weighted by atomic mass is 10.1. The molecule has 1 amide bonds. The van der Waals surface area contributed by atoms with Crippen molar-refractivity contribution < 1.29 is 9.53 Å². The van der Waals surface area contributed by atoms with Gasteiger partial charge in [0.05, 0.1) is 37.5 Å². The molecule has 0 saturated carbocycles. The van der Waals surface area contributed by atoms with Crippen LogP contribution in [0.5, 0.6) is 0 Å². The second kappa shape index (κ2) is 7.86. The Hall–Kier alpha value is -1.50. The van der Waals surface area contributed by atoms with Crippen molar-refractivity contribution in [3.8, 4) is 0 Å². The number of likely N-dealkylation sites (N-methyl/N-ethyl adjacent to an activating group) is 1. The summed E-state index contributed by atoms with van der Waals surface area (Å²) in [5.74, 6) is 0.0585. The summed E-state index contributed by atoms with van der Waals surface area (Å²) in [7, 11) is 1.94.